The molecule has 4 rings (SSSR count). The van der Waals surface area contributed by atoms with E-state index in [1.165, 1.54) is 24.3 Å². The minimum Gasteiger partial charge on any atom is -0.384 e. The van der Waals surface area contributed by atoms with Crippen molar-refractivity contribution in [3.63, 3.8) is 0 Å². The molecule has 1 fully saturated rings. The fraction of sp³-hybridized carbons (Fsp3) is 0.310. The van der Waals surface area contributed by atoms with E-state index in [2.05, 4.69) is 11.8 Å². The number of methoxy groups -OCH3 is 1. The van der Waals surface area contributed by atoms with Gasteiger partial charge >= 0.3 is 0 Å². The number of benzene rings is 3. The summed E-state index contributed by atoms with van der Waals surface area (Å²) in [6.07, 6.45) is -1.32. The quantitative estimate of drug-likeness (QED) is 0.264. The zero-order valence-corrected chi connectivity index (χ0v) is 19.7. The Labute approximate surface area is 207 Å². The van der Waals surface area contributed by atoms with Crippen LogP contribution in [0.15, 0.2) is 54.6 Å². The van der Waals surface area contributed by atoms with Gasteiger partial charge < -0.3 is 9.47 Å². The van der Waals surface area contributed by atoms with Crippen LogP contribution in [0.1, 0.15) is 58.8 Å². The molecule has 0 aliphatic carbocycles. The van der Waals surface area contributed by atoms with Crippen molar-refractivity contribution in [1.82, 2.24) is 0 Å². The fourth-order valence-corrected chi connectivity index (χ4v) is 4.25. The Hall–Kier alpha value is -3.21. The zero-order valence-electron chi connectivity index (χ0n) is 19.7. The van der Waals surface area contributed by atoms with Crippen molar-refractivity contribution in [2.75, 3.05) is 20.3 Å². The molecule has 0 saturated carbocycles. The number of ether oxygens (including phenoxy) is 2. The molecule has 2 nitrogen and oxygen atoms in total. The van der Waals surface area contributed by atoms with Crippen molar-refractivity contribution >= 4 is 0 Å². The first-order chi connectivity index (χ1) is 17.3. The Balaban J connectivity index is 1.42. The van der Waals surface area contributed by atoms with E-state index in [1.807, 2.05) is 0 Å². The van der Waals surface area contributed by atoms with Gasteiger partial charge in [0.2, 0.25) is 0 Å². The minimum atomic E-state index is -2.91. The molecule has 0 spiro atoms. The van der Waals surface area contributed by atoms with Crippen molar-refractivity contribution in [2.45, 2.75) is 31.8 Å². The summed E-state index contributed by atoms with van der Waals surface area (Å²) in [6, 6.07) is 12.4. The molecule has 0 bridgehead atoms. The predicted molar refractivity (Wildman–Crippen MR) is 126 cm³/mol. The molecule has 3 aromatic rings. The van der Waals surface area contributed by atoms with Gasteiger partial charge in [-0.3, -0.25) is 0 Å². The Morgan fingerprint density at radius 2 is 1.75 bits per heavy atom. The normalized spacial score (nSPS) is 17.6. The Kier molecular flexibility index (Phi) is 8.40. The summed E-state index contributed by atoms with van der Waals surface area (Å²) in [6.45, 7) is 1.21. The summed E-state index contributed by atoms with van der Waals surface area (Å²) < 4.78 is 79.5. The van der Waals surface area contributed by atoms with E-state index in [9.17, 15) is 22.0 Å². The highest BCUT2D eigenvalue weighted by Gasteiger charge is 2.23. The highest BCUT2D eigenvalue weighted by Crippen LogP contribution is 2.31. The molecule has 0 aromatic heterocycles. The third-order valence-electron chi connectivity index (χ3n) is 6.23. The zero-order chi connectivity index (χ0) is 25.7. The van der Waals surface area contributed by atoms with Crippen LogP contribution in [0.2, 0.25) is 0 Å². The molecule has 0 radical (unpaired) electrons. The average Bonchev–Trinajstić information content (AvgIpc) is 2.85. The maximum atomic E-state index is 14.7. The first kappa shape index (κ1) is 25.9. The van der Waals surface area contributed by atoms with E-state index < -0.39 is 29.4 Å². The van der Waals surface area contributed by atoms with E-state index in [1.54, 1.807) is 25.3 Å². The Morgan fingerprint density at radius 1 is 0.917 bits per heavy atom. The number of alkyl halides is 2. The average molecular weight is 501 g/mol. The summed E-state index contributed by atoms with van der Waals surface area (Å²) in [7, 11) is 1.66. The van der Waals surface area contributed by atoms with Crippen molar-refractivity contribution in [3.8, 4) is 11.8 Å². The molecule has 188 valence electrons. The second-order valence-corrected chi connectivity index (χ2v) is 8.85. The highest BCUT2D eigenvalue weighted by molar-refractivity contribution is 5.46. The van der Waals surface area contributed by atoms with Crippen molar-refractivity contribution in [2.24, 2.45) is 5.92 Å². The first-order valence-corrected chi connectivity index (χ1v) is 11.6. The SMILES string of the molecule is COCC1CCC(c2ccc(C#Cc3ccc(Cc4ccc(C(F)F)c(F)c4)c(F)c3)c(F)c2)OC1. The molecule has 0 N–H and O–H groups in total. The molecule has 7 heteroatoms. The van der Waals surface area contributed by atoms with Crippen LogP contribution < -0.4 is 0 Å². The van der Waals surface area contributed by atoms with Crippen LogP contribution >= 0.6 is 0 Å². The molecule has 0 amide bonds. The monoisotopic (exact) mass is 500 g/mol. The number of hydrogen-bond acceptors (Lipinski definition) is 2. The molecule has 36 heavy (non-hydrogen) atoms. The minimum absolute atomic E-state index is 0.0333. The lowest BCUT2D eigenvalue weighted by atomic mass is 9.94. The molecule has 3 aromatic carbocycles. The summed E-state index contributed by atoms with van der Waals surface area (Å²) in [5.41, 5.74) is 1.23. The van der Waals surface area contributed by atoms with E-state index in [0.29, 0.717) is 30.3 Å². The predicted octanol–water partition coefficient (Wildman–Crippen LogP) is 7.15. The van der Waals surface area contributed by atoms with Gasteiger partial charge in [0.05, 0.1) is 30.4 Å². The lowest BCUT2D eigenvalue weighted by Gasteiger charge is -2.29. The molecule has 1 aliphatic heterocycles. The van der Waals surface area contributed by atoms with Crippen LogP contribution in [0.3, 0.4) is 0 Å². The molecule has 1 aliphatic rings. The van der Waals surface area contributed by atoms with Crippen LogP contribution in [0, 0.1) is 35.2 Å². The molecule has 2 unspecified atom stereocenters. The highest BCUT2D eigenvalue weighted by atomic mass is 19.3. The van der Waals surface area contributed by atoms with Crippen molar-refractivity contribution in [1.29, 1.82) is 0 Å². The second-order valence-electron chi connectivity index (χ2n) is 8.85. The summed E-state index contributed by atoms with van der Waals surface area (Å²) in [4.78, 5) is 0. The Bertz CT molecular complexity index is 1270. The summed E-state index contributed by atoms with van der Waals surface area (Å²) in [5.74, 6) is 3.77. The maximum absolute atomic E-state index is 14.7. The van der Waals surface area contributed by atoms with Gasteiger partial charge in [-0.05, 0) is 59.9 Å². The summed E-state index contributed by atoms with van der Waals surface area (Å²) in [5, 5.41) is 0. The second kappa shape index (κ2) is 11.7. The smallest absolute Gasteiger partial charge is 0.266 e. The maximum Gasteiger partial charge on any atom is 0.266 e. The number of halogens is 5. The lowest BCUT2D eigenvalue weighted by Crippen LogP contribution is -2.24. The lowest BCUT2D eigenvalue weighted by molar-refractivity contribution is -0.0373. The van der Waals surface area contributed by atoms with Gasteiger partial charge in [0, 0.05) is 25.0 Å². The molecular weight excluding hydrogens is 475 g/mol. The fourth-order valence-electron chi connectivity index (χ4n) is 4.25. The van der Waals surface area contributed by atoms with Gasteiger partial charge in [-0.2, -0.15) is 0 Å². The van der Waals surface area contributed by atoms with Crippen LogP contribution in [0.25, 0.3) is 0 Å². The van der Waals surface area contributed by atoms with Gasteiger partial charge in [-0.15, -0.1) is 0 Å². The van der Waals surface area contributed by atoms with Gasteiger partial charge in [0.15, 0.2) is 0 Å². The van der Waals surface area contributed by atoms with Gasteiger partial charge in [0.25, 0.3) is 6.43 Å². The molecular formula is C29H25F5O2. The first-order valence-electron chi connectivity index (χ1n) is 11.6. The van der Waals surface area contributed by atoms with E-state index in [0.717, 1.165) is 30.5 Å². The van der Waals surface area contributed by atoms with Crippen LogP contribution in [0.5, 0.6) is 0 Å². The third kappa shape index (κ3) is 6.31. The molecule has 2 atom stereocenters. The third-order valence-corrected chi connectivity index (χ3v) is 6.23. The number of hydrogen-bond donors (Lipinski definition) is 0. The van der Waals surface area contributed by atoms with E-state index >= 15 is 0 Å². The molecule has 1 saturated heterocycles. The van der Waals surface area contributed by atoms with Gasteiger partial charge in [-0.25, -0.2) is 22.0 Å². The van der Waals surface area contributed by atoms with Crippen LogP contribution in [-0.2, 0) is 15.9 Å². The summed E-state index contributed by atoms with van der Waals surface area (Å²) >= 11 is 0. The Morgan fingerprint density at radius 3 is 2.39 bits per heavy atom. The topological polar surface area (TPSA) is 18.5 Å². The van der Waals surface area contributed by atoms with Crippen LogP contribution in [0.4, 0.5) is 22.0 Å². The standard InChI is InChI=1S/C29H25F5O2/c1-35-16-20-5-11-28(36-17-20)23-9-8-21(26(31)15-23)6-2-18-3-7-22(25(30)13-18)12-19-4-10-24(29(33)34)27(32)14-19/h3-4,7-10,13-15,20,28-29H,5,11-12,16-17H2,1H3. The van der Waals surface area contributed by atoms with E-state index in [-0.39, 0.29) is 23.7 Å². The van der Waals surface area contributed by atoms with Crippen molar-refractivity contribution in [3.05, 3.63) is 105 Å². The van der Waals surface area contributed by atoms with E-state index in [4.69, 9.17) is 9.47 Å². The largest absolute Gasteiger partial charge is 0.384 e. The van der Waals surface area contributed by atoms with Crippen molar-refractivity contribution < 1.29 is 31.4 Å². The van der Waals surface area contributed by atoms with Gasteiger partial charge in [-0.1, -0.05) is 36.1 Å². The van der Waals surface area contributed by atoms with Crippen LogP contribution in [-0.4, -0.2) is 20.3 Å². The van der Waals surface area contributed by atoms with Gasteiger partial charge in [0.1, 0.15) is 17.5 Å². The number of rotatable bonds is 6. The molecule has 1 heterocycles.